The molecular weight excluding hydrogens is 392 g/mol. The van der Waals surface area contributed by atoms with Gasteiger partial charge in [0.1, 0.15) is 12.2 Å². The van der Waals surface area contributed by atoms with Crippen LogP contribution in [0.5, 0.6) is 5.88 Å². The summed E-state index contributed by atoms with van der Waals surface area (Å²) in [6.45, 7) is 6.61. The Bertz CT molecular complexity index is 1030. The van der Waals surface area contributed by atoms with E-state index < -0.39 is 5.97 Å². The molecule has 0 saturated carbocycles. The van der Waals surface area contributed by atoms with Crippen LogP contribution in [0.15, 0.2) is 54.6 Å². The van der Waals surface area contributed by atoms with E-state index in [1.54, 1.807) is 20.8 Å². The summed E-state index contributed by atoms with van der Waals surface area (Å²) in [5.74, 6) is 0.632. The maximum atomic E-state index is 12.0. The van der Waals surface area contributed by atoms with Crippen molar-refractivity contribution in [3.8, 4) is 5.88 Å². The minimum absolute atomic E-state index is 0.315. The zero-order valence-electron chi connectivity index (χ0n) is 18.0. The molecule has 2 aromatic heterocycles. The van der Waals surface area contributed by atoms with E-state index in [0.29, 0.717) is 48.5 Å². The Morgan fingerprint density at radius 2 is 1.74 bits per heavy atom. The monoisotopic (exact) mass is 418 g/mol. The van der Waals surface area contributed by atoms with Crippen LogP contribution in [0, 0.1) is 13.8 Å². The second-order valence-corrected chi connectivity index (χ2v) is 6.77. The molecule has 2 heterocycles. The number of benzene rings is 1. The lowest BCUT2D eigenvalue weighted by Crippen LogP contribution is -2.14. The number of nitrogens with zero attached hydrogens (tertiary/aromatic N) is 3. The summed E-state index contributed by atoms with van der Waals surface area (Å²) in [6, 6.07) is 15.6. The number of rotatable bonds is 9. The van der Waals surface area contributed by atoms with Gasteiger partial charge < -0.3 is 14.8 Å². The Hall–Kier alpha value is -3.74. The summed E-state index contributed by atoms with van der Waals surface area (Å²) in [5.41, 5.74) is 3.47. The standard InChI is InChI=1S/C24H26N4O3/c1-4-30-23(29)22-17(2)26-24(27-18(22)3)25-15-9-13-20-12-8-14-21(28-20)31-16-19-10-6-5-7-11-19/h5-14H,4,15-16H2,1-3H3,(H,25,26,27). The van der Waals surface area contributed by atoms with Crippen molar-refractivity contribution in [2.45, 2.75) is 27.4 Å². The molecule has 7 heteroatoms. The first-order chi connectivity index (χ1) is 15.1. The van der Waals surface area contributed by atoms with Crippen LogP contribution < -0.4 is 10.1 Å². The molecule has 160 valence electrons. The third-order valence-corrected chi connectivity index (χ3v) is 4.39. The molecule has 0 saturated heterocycles. The number of carbonyl (C=O) groups is 1. The lowest BCUT2D eigenvalue weighted by Gasteiger charge is -2.10. The maximum absolute atomic E-state index is 12.0. The quantitative estimate of drug-likeness (QED) is 0.516. The minimum Gasteiger partial charge on any atom is -0.473 e. The fraction of sp³-hybridized carbons (Fsp3) is 0.250. The summed E-state index contributed by atoms with van der Waals surface area (Å²) in [5, 5.41) is 3.14. The smallest absolute Gasteiger partial charge is 0.341 e. The van der Waals surface area contributed by atoms with E-state index in [2.05, 4.69) is 20.3 Å². The van der Waals surface area contributed by atoms with Crippen LogP contribution in [0.4, 0.5) is 5.95 Å². The predicted octanol–water partition coefficient (Wildman–Crippen LogP) is 4.37. The molecule has 0 atom stereocenters. The van der Waals surface area contributed by atoms with Gasteiger partial charge in [-0.25, -0.2) is 19.7 Å². The van der Waals surface area contributed by atoms with Crippen LogP contribution in [-0.4, -0.2) is 34.1 Å². The average molecular weight is 418 g/mol. The molecule has 1 N–H and O–H groups in total. The highest BCUT2D eigenvalue weighted by Gasteiger charge is 2.16. The summed E-state index contributed by atoms with van der Waals surface area (Å²) in [7, 11) is 0. The number of pyridine rings is 1. The van der Waals surface area contributed by atoms with Crippen molar-refractivity contribution < 1.29 is 14.3 Å². The summed E-state index contributed by atoms with van der Waals surface area (Å²) < 4.78 is 10.8. The van der Waals surface area contributed by atoms with Gasteiger partial charge >= 0.3 is 5.97 Å². The van der Waals surface area contributed by atoms with E-state index in [1.807, 2.05) is 60.7 Å². The van der Waals surface area contributed by atoms with Crippen LogP contribution in [0.2, 0.25) is 0 Å². The number of aryl methyl sites for hydroxylation is 2. The summed E-state index contributed by atoms with van der Waals surface area (Å²) in [4.78, 5) is 25.2. The molecule has 0 spiro atoms. The Morgan fingerprint density at radius 1 is 1.00 bits per heavy atom. The van der Waals surface area contributed by atoms with Crippen molar-refractivity contribution in [3.63, 3.8) is 0 Å². The molecule has 0 amide bonds. The van der Waals surface area contributed by atoms with E-state index in [9.17, 15) is 4.79 Å². The van der Waals surface area contributed by atoms with Gasteiger partial charge in [0.2, 0.25) is 11.8 Å². The molecule has 3 rings (SSSR count). The first-order valence-corrected chi connectivity index (χ1v) is 10.1. The van der Waals surface area contributed by atoms with Gasteiger partial charge in [0.15, 0.2) is 0 Å². The van der Waals surface area contributed by atoms with Gasteiger partial charge in [0.05, 0.1) is 23.7 Å². The van der Waals surface area contributed by atoms with E-state index >= 15 is 0 Å². The first-order valence-electron chi connectivity index (χ1n) is 10.1. The fourth-order valence-corrected chi connectivity index (χ4v) is 2.96. The zero-order valence-corrected chi connectivity index (χ0v) is 18.0. The maximum Gasteiger partial charge on any atom is 0.341 e. The Balaban J connectivity index is 1.56. The highest BCUT2D eigenvalue weighted by Crippen LogP contribution is 2.14. The van der Waals surface area contributed by atoms with Gasteiger partial charge in [-0.1, -0.05) is 42.5 Å². The average Bonchev–Trinajstić information content (AvgIpc) is 2.76. The first kappa shape index (κ1) is 22.0. The Morgan fingerprint density at radius 3 is 2.45 bits per heavy atom. The molecule has 0 aliphatic heterocycles. The number of nitrogens with one attached hydrogen (secondary N) is 1. The number of hydrogen-bond donors (Lipinski definition) is 1. The SMILES string of the molecule is CCOC(=O)c1c(C)nc(NCC=Cc2cccc(OCc3ccccc3)n2)nc1C. The topological polar surface area (TPSA) is 86.2 Å². The Labute approximate surface area is 182 Å². The van der Waals surface area contributed by atoms with Crippen molar-refractivity contribution in [1.29, 1.82) is 0 Å². The van der Waals surface area contributed by atoms with Gasteiger partial charge in [0, 0.05) is 12.6 Å². The molecule has 0 unspecified atom stereocenters. The molecule has 0 fully saturated rings. The van der Waals surface area contributed by atoms with Crippen molar-refractivity contribution in [3.05, 3.63) is 82.8 Å². The van der Waals surface area contributed by atoms with Crippen LogP contribution in [0.1, 0.15) is 39.9 Å². The van der Waals surface area contributed by atoms with E-state index in [-0.39, 0.29) is 0 Å². The second kappa shape index (κ2) is 10.9. The largest absolute Gasteiger partial charge is 0.473 e. The molecule has 0 radical (unpaired) electrons. The van der Waals surface area contributed by atoms with E-state index in [0.717, 1.165) is 11.3 Å². The Kier molecular flexibility index (Phi) is 7.70. The number of carbonyl (C=O) groups excluding carboxylic acids is 1. The van der Waals surface area contributed by atoms with E-state index in [4.69, 9.17) is 9.47 Å². The molecule has 0 bridgehead atoms. The van der Waals surface area contributed by atoms with Gasteiger partial charge in [0.25, 0.3) is 0 Å². The van der Waals surface area contributed by atoms with Crippen LogP contribution in [0.3, 0.4) is 0 Å². The summed E-state index contributed by atoms with van der Waals surface area (Å²) >= 11 is 0. The van der Waals surface area contributed by atoms with Crippen LogP contribution >= 0.6 is 0 Å². The number of hydrogen-bond acceptors (Lipinski definition) is 7. The van der Waals surface area contributed by atoms with Gasteiger partial charge in [-0.05, 0) is 38.5 Å². The molecule has 31 heavy (non-hydrogen) atoms. The zero-order chi connectivity index (χ0) is 22.1. The number of anilines is 1. The molecule has 0 aliphatic carbocycles. The second-order valence-electron chi connectivity index (χ2n) is 6.77. The van der Waals surface area contributed by atoms with Crippen molar-refractivity contribution in [2.24, 2.45) is 0 Å². The van der Waals surface area contributed by atoms with Gasteiger partial charge in [-0.3, -0.25) is 0 Å². The number of esters is 1. The molecule has 7 nitrogen and oxygen atoms in total. The van der Waals surface area contributed by atoms with Crippen molar-refractivity contribution in [2.75, 3.05) is 18.5 Å². The molecular formula is C24H26N4O3. The van der Waals surface area contributed by atoms with Crippen LogP contribution in [0.25, 0.3) is 6.08 Å². The number of aromatic nitrogens is 3. The molecule has 1 aromatic carbocycles. The highest BCUT2D eigenvalue weighted by molar-refractivity contribution is 5.91. The number of ether oxygens (including phenoxy) is 2. The molecule has 3 aromatic rings. The third-order valence-electron chi connectivity index (χ3n) is 4.39. The molecule has 0 aliphatic rings. The van der Waals surface area contributed by atoms with Crippen LogP contribution in [-0.2, 0) is 11.3 Å². The lowest BCUT2D eigenvalue weighted by molar-refractivity contribution is 0.0523. The minimum atomic E-state index is -0.399. The predicted molar refractivity (Wildman–Crippen MR) is 120 cm³/mol. The third kappa shape index (κ3) is 6.37. The van der Waals surface area contributed by atoms with E-state index in [1.165, 1.54) is 0 Å². The lowest BCUT2D eigenvalue weighted by atomic mass is 10.2. The van der Waals surface area contributed by atoms with Crippen molar-refractivity contribution >= 4 is 18.0 Å². The van der Waals surface area contributed by atoms with Crippen molar-refractivity contribution in [1.82, 2.24) is 15.0 Å². The highest BCUT2D eigenvalue weighted by atomic mass is 16.5. The van der Waals surface area contributed by atoms with Gasteiger partial charge in [-0.2, -0.15) is 0 Å². The fourth-order valence-electron chi connectivity index (χ4n) is 2.96. The normalized spacial score (nSPS) is 10.8. The van der Waals surface area contributed by atoms with Gasteiger partial charge in [-0.15, -0.1) is 0 Å². The summed E-state index contributed by atoms with van der Waals surface area (Å²) in [6.07, 6.45) is 3.83.